The topological polar surface area (TPSA) is 81.8 Å². The van der Waals surface area contributed by atoms with Crippen LogP contribution in [-0.2, 0) is 19.3 Å². The number of alkyl halides is 1. The smallest absolute Gasteiger partial charge is 0.0879 e. The lowest BCUT2D eigenvalue weighted by molar-refractivity contribution is 0.783. The Kier molecular flexibility index (Phi) is 9.05. The molecular formula is C31H39ClN6. The molecule has 0 amide bonds. The summed E-state index contributed by atoms with van der Waals surface area (Å²) in [4.78, 5) is 7.73. The highest BCUT2D eigenvalue weighted by atomic mass is 35.5. The molecule has 1 aliphatic carbocycles. The van der Waals surface area contributed by atoms with E-state index in [-0.39, 0.29) is 11.3 Å². The van der Waals surface area contributed by atoms with Gasteiger partial charge in [-0.15, -0.1) is 11.6 Å². The first-order valence-corrected chi connectivity index (χ1v) is 14.0. The van der Waals surface area contributed by atoms with Crippen LogP contribution in [0.5, 0.6) is 0 Å². The highest BCUT2D eigenvalue weighted by Crippen LogP contribution is 2.44. The van der Waals surface area contributed by atoms with Crippen LogP contribution in [0.3, 0.4) is 0 Å². The summed E-state index contributed by atoms with van der Waals surface area (Å²) in [5, 5.41) is 16.0. The van der Waals surface area contributed by atoms with Gasteiger partial charge in [-0.05, 0) is 55.4 Å². The van der Waals surface area contributed by atoms with Gasteiger partial charge in [0.05, 0.1) is 28.8 Å². The van der Waals surface area contributed by atoms with Crippen molar-refractivity contribution in [1.82, 2.24) is 20.1 Å². The van der Waals surface area contributed by atoms with Crippen molar-refractivity contribution >= 4 is 29.7 Å². The molecule has 200 valence electrons. The van der Waals surface area contributed by atoms with Gasteiger partial charge in [-0.2, -0.15) is 5.10 Å². The van der Waals surface area contributed by atoms with Crippen molar-refractivity contribution in [3.8, 4) is 5.69 Å². The van der Waals surface area contributed by atoms with E-state index < -0.39 is 0 Å². The Morgan fingerprint density at radius 2 is 2.05 bits per heavy atom. The number of hydrogen-bond donors (Lipinski definition) is 3. The van der Waals surface area contributed by atoms with Gasteiger partial charge in [0.15, 0.2) is 0 Å². The van der Waals surface area contributed by atoms with Crippen LogP contribution >= 0.6 is 11.6 Å². The largest absolute Gasteiger partial charge is 0.376 e. The summed E-state index contributed by atoms with van der Waals surface area (Å²) >= 11 is 6.75. The lowest BCUT2D eigenvalue weighted by Crippen LogP contribution is -2.15. The quantitative estimate of drug-likeness (QED) is 0.106. The van der Waals surface area contributed by atoms with Crippen LogP contribution in [0.25, 0.3) is 11.3 Å². The number of H-pyrrole nitrogens is 1. The Bertz CT molecular complexity index is 1370. The summed E-state index contributed by atoms with van der Waals surface area (Å²) in [6.45, 7) is 11.4. The summed E-state index contributed by atoms with van der Waals surface area (Å²) < 4.78 is 2.17. The Morgan fingerprint density at radius 3 is 2.76 bits per heavy atom. The van der Waals surface area contributed by atoms with Crippen LogP contribution < -0.4 is 5.32 Å². The van der Waals surface area contributed by atoms with Crippen molar-refractivity contribution < 1.29 is 0 Å². The zero-order valence-corrected chi connectivity index (χ0v) is 23.9. The molecule has 0 spiro atoms. The fourth-order valence-electron chi connectivity index (χ4n) is 5.19. The van der Waals surface area contributed by atoms with E-state index in [0.29, 0.717) is 0 Å². The number of fused-ring (bicyclic) bond motifs is 1. The number of allylic oxidation sites excluding steroid dienone is 2. The number of aryl methyl sites for hydroxylation is 1. The Morgan fingerprint density at radius 1 is 1.26 bits per heavy atom. The van der Waals surface area contributed by atoms with E-state index >= 15 is 0 Å². The van der Waals surface area contributed by atoms with Gasteiger partial charge in [-0.25, -0.2) is 9.67 Å². The fraction of sp³-hybridized carbons (Fsp3) is 0.387. The number of para-hydroxylation sites is 1. The van der Waals surface area contributed by atoms with Gasteiger partial charge in [-0.1, -0.05) is 51.5 Å². The minimum Gasteiger partial charge on any atom is -0.376 e. The maximum absolute atomic E-state index is 7.52. The van der Waals surface area contributed by atoms with Gasteiger partial charge in [0.2, 0.25) is 0 Å². The normalized spacial score (nSPS) is 16.0. The second kappa shape index (κ2) is 12.4. The van der Waals surface area contributed by atoms with Crippen molar-refractivity contribution in [2.75, 3.05) is 6.54 Å². The highest BCUT2D eigenvalue weighted by molar-refractivity contribution is 6.21. The van der Waals surface area contributed by atoms with E-state index in [1.165, 1.54) is 39.7 Å². The Hall–Kier alpha value is -3.38. The molecule has 3 N–H and O–H groups in total. The number of aliphatic imine (C=N–C) groups is 1. The van der Waals surface area contributed by atoms with Crippen LogP contribution in [-0.4, -0.2) is 33.9 Å². The van der Waals surface area contributed by atoms with Gasteiger partial charge >= 0.3 is 0 Å². The molecule has 2 heterocycles. The van der Waals surface area contributed by atoms with Crippen LogP contribution in [0.4, 0.5) is 0 Å². The zero-order valence-electron chi connectivity index (χ0n) is 23.1. The number of nitrogens with zero attached hydrogens (tertiary/aromatic N) is 3. The van der Waals surface area contributed by atoms with E-state index in [4.69, 9.17) is 22.1 Å². The molecule has 2 aromatic heterocycles. The number of rotatable bonds is 11. The van der Waals surface area contributed by atoms with Gasteiger partial charge in [-0.3, -0.25) is 0 Å². The van der Waals surface area contributed by atoms with Crippen LogP contribution in [0, 0.1) is 11.3 Å². The van der Waals surface area contributed by atoms with E-state index in [9.17, 15) is 0 Å². The number of benzene rings is 1. The minimum absolute atomic E-state index is 0.0472. The Labute approximate surface area is 231 Å². The predicted octanol–water partition coefficient (Wildman–Crippen LogP) is 7.18. The van der Waals surface area contributed by atoms with Crippen molar-refractivity contribution in [3.05, 3.63) is 87.6 Å². The summed E-state index contributed by atoms with van der Waals surface area (Å²) in [6, 6.07) is 10.7. The standard InChI is InChI=1S/C31H39ClN6/c1-6-22-10-8-9-11-28(22)38-31(29-21(5)16-26(32)30-25(29)12-15-36-30)24(7-2)27(37-38)13-14-34-19-35-18-23(17-33)20(3)4/h8-12,15,17-20,26,33,36H,6-7,13-14,16H2,1-5H3,(H,34,35)/b23-18+,33-17?. The van der Waals surface area contributed by atoms with Crippen molar-refractivity contribution in [1.29, 1.82) is 5.41 Å². The van der Waals surface area contributed by atoms with Crippen molar-refractivity contribution in [2.24, 2.45) is 10.9 Å². The zero-order chi connectivity index (χ0) is 27.2. The first kappa shape index (κ1) is 27.6. The second-order valence-electron chi connectivity index (χ2n) is 10.1. The molecule has 0 bridgehead atoms. The number of aromatic amines is 1. The molecule has 0 saturated heterocycles. The second-order valence-corrected chi connectivity index (χ2v) is 10.6. The third kappa shape index (κ3) is 5.56. The van der Waals surface area contributed by atoms with Crippen LogP contribution in [0.15, 0.2) is 58.9 Å². The molecular weight excluding hydrogens is 492 g/mol. The SMILES string of the molecule is CCc1ccccc1-n1nc(CCN/C=N/C=C(\C=N)C(C)C)c(CC)c1C1=C(C)CC(Cl)c2[nH]ccc21. The maximum Gasteiger partial charge on any atom is 0.0879 e. The summed E-state index contributed by atoms with van der Waals surface area (Å²) in [7, 11) is 0. The van der Waals surface area contributed by atoms with E-state index in [1.54, 1.807) is 12.5 Å². The minimum atomic E-state index is -0.0472. The molecule has 1 unspecified atom stereocenters. The predicted molar refractivity (Wildman–Crippen MR) is 160 cm³/mol. The molecule has 3 aromatic rings. The lowest BCUT2D eigenvalue weighted by Gasteiger charge is -2.24. The summed E-state index contributed by atoms with van der Waals surface area (Å²) in [6.07, 6.45) is 10.2. The molecule has 0 aliphatic heterocycles. The van der Waals surface area contributed by atoms with Crippen molar-refractivity contribution in [3.63, 3.8) is 0 Å². The number of hydrogen-bond acceptors (Lipinski definition) is 3. The van der Waals surface area contributed by atoms with Gasteiger partial charge < -0.3 is 15.7 Å². The number of halogens is 1. The van der Waals surface area contributed by atoms with Crippen LogP contribution in [0.1, 0.15) is 80.2 Å². The van der Waals surface area contributed by atoms with E-state index in [1.807, 2.05) is 6.20 Å². The molecule has 1 atom stereocenters. The molecule has 6 nitrogen and oxygen atoms in total. The molecule has 7 heteroatoms. The third-order valence-electron chi connectivity index (χ3n) is 7.26. The monoisotopic (exact) mass is 530 g/mol. The molecule has 0 fully saturated rings. The van der Waals surface area contributed by atoms with Crippen molar-refractivity contribution in [2.45, 2.75) is 65.7 Å². The fourth-order valence-corrected chi connectivity index (χ4v) is 5.60. The first-order chi connectivity index (χ1) is 18.4. The molecule has 38 heavy (non-hydrogen) atoms. The molecule has 1 aliphatic rings. The first-order valence-electron chi connectivity index (χ1n) is 13.6. The van der Waals surface area contributed by atoms with E-state index in [2.05, 4.69) is 84.9 Å². The number of nitrogens with one attached hydrogen (secondary N) is 3. The Balaban J connectivity index is 1.74. The molecule has 0 saturated carbocycles. The summed E-state index contributed by atoms with van der Waals surface area (Å²) in [5.74, 6) is 0.275. The van der Waals surface area contributed by atoms with Crippen LogP contribution in [0.2, 0.25) is 0 Å². The number of aromatic nitrogens is 3. The average molecular weight is 531 g/mol. The molecule has 1 aromatic carbocycles. The van der Waals surface area contributed by atoms with Gasteiger partial charge in [0.25, 0.3) is 0 Å². The third-order valence-corrected chi connectivity index (χ3v) is 7.63. The lowest BCUT2D eigenvalue weighted by atomic mass is 9.86. The molecule has 4 rings (SSSR count). The summed E-state index contributed by atoms with van der Waals surface area (Å²) in [5.41, 5.74) is 11.6. The highest BCUT2D eigenvalue weighted by Gasteiger charge is 2.30. The van der Waals surface area contributed by atoms with Gasteiger partial charge in [0.1, 0.15) is 0 Å². The van der Waals surface area contributed by atoms with Gasteiger partial charge in [0, 0.05) is 54.0 Å². The van der Waals surface area contributed by atoms with E-state index in [0.717, 1.165) is 54.9 Å². The average Bonchev–Trinajstić information content (AvgIpc) is 3.53. The molecule has 0 radical (unpaired) electrons. The maximum atomic E-state index is 7.52.